The Hall–Kier alpha value is -2.40. The first-order chi connectivity index (χ1) is 18.7. The SMILES string of the molecule is PCC1C2CC3CC(C2)CC1(c1ccc(-c2ccccc2)cc1CP(c1cccnc1)c1cccnc1)C3. The summed E-state index contributed by atoms with van der Waals surface area (Å²) in [6.45, 7) is 0. The van der Waals surface area contributed by atoms with E-state index in [-0.39, 0.29) is 0 Å². The Morgan fingerprint density at radius 2 is 1.45 bits per heavy atom. The summed E-state index contributed by atoms with van der Waals surface area (Å²) < 4.78 is 0. The van der Waals surface area contributed by atoms with E-state index >= 15 is 0 Å². The first-order valence-electron chi connectivity index (χ1n) is 14.2. The molecule has 0 spiro atoms. The van der Waals surface area contributed by atoms with Crippen LogP contribution in [0, 0.1) is 23.7 Å². The molecule has 4 heteroatoms. The Bertz CT molecular complexity index is 1340. The molecular weight excluding hydrogens is 498 g/mol. The molecule has 0 amide bonds. The van der Waals surface area contributed by atoms with Gasteiger partial charge in [-0.3, -0.25) is 9.97 Å². The summed E-state index contributed by atoms with van der Waals surface area (Å²) in [5, 5.41) is 2.67. The predicted octanol–water partition coefficient (Wildman–Crippen LogP) is 7.35. The maximum Gasteiger partial charge on any atom is 0.0348 e. The van der Waals surface area contributed by atoms with Gasteiger partial charge in [0.15, 0.2) is 0 Å². The lowest BCUT2D eigenvalue weighted by Crippen LogP contribution is -2.56. The van der Waals surface area contributed by atoms with Crippen LogP contribution in [0.4, 0.5) is 0 Å². The summed E-state index contributed by atoms with van der Waals surface area (Å²) in [5.74, 6) is 3.52. The second-order valence-electron chi connectivity index (χ2n) is 11.9. The van der Waals surface area contributed by atoms with Crippen molar-refractivity contribution in [2.45, 2.75) is 43.7 Å². The summed E-state index contributed by atoms with van der Waals surface area (Å²) in [4.78, 5) is 9.07. The van der Waals surface area contributed by atoms with E-state index in [4.69, 9.17) is 0 Å². The first kappa shape index (κ1) is 24.6. The normalized spacial score (nSPS) is 27.6. The van der Waals surface area contributed by atoms with Crippen molar-refractivity contribution in [3.8, 4) is 11.1 Å². The minimum absolute atomic E-state index is 0.325. The molecule has 4 aromatic rings. The van der Waals surface area contributed by atoms with E-state index < -0.39 is 7.92 Å². The zero-order valence-corrected chi connectivity index (χ0v) is 24.0. The summed E-state index contributed by atoms with van der Waals surface area (Å²) >= 11 is 0. The quantitative estimate of drug-likeness (QED) is 0.232. The van der Waals surface area contributed by atoms with Gasteiger partial charge in [-0.2, -0.15) is 0 Å². The van der Waals surface area contributed by atoms with Crippen LogP contribution in [-0.4, -0.2) is 16.1 Å². The van der Waals surface area contributed by atoms with Crippen LogP contribution in [0.15, 0.2) is 97.6 Å². The zero-order chi connectivity index (χ0) is 25.5. The fraction of sp³-hybridized carbons (Fsp3) is 0.353. The Morgan fingerprint density at radius 1 is 0.763 bits per heavy atom. The van der Waals surface area contributed by atoms with Gasteiger partial charge in [-0.25, -0.2) is 0 Å². The molecular formula is C34H36N2P2. The average molecular weight is 535 g/mol. The van der Waals surface area contributed by atoms with Gasteiger partial charge in [0.2, 0.25) is 0 Å². The van der Waals surface area contributed by atoms with Crippen LogP contribution in [0.2, 0.25) is 0 Å². The Kier molecular flexibility index (Phi) is 6.67. The van der Waals surface area contributed by atoms with E-state index in [1.165, 1.54) is 60.0 Å². The molecule has 38 heavy (non-hydrogen) atoms. The van der Waals surface area contributed by atoms with Crippen molar-refractivity contribution in [1.82, 2.24) is 9.97 Å². The molecule has 0 N–H and O–H groups in total. The lowest BCUT2D eigenvalue weighted by molar-refractivity contribution is -0.0520. The van der Waals surface area contributed by atoms with Crippen molar-refractivity contribution in [3.05, 3.63) is 109 Å². The molecule has 4 aliphatic carbocycles. The van der Waals surface area contributed by atoms with Gasteiger partial charge < -0.3 is 0 Å². The summed E-state index contributed by atoms with van der Waals surface area (Å²) in [5.41, 5.74) is 6.18. The number of aromatic nitrogens is 2. The highest BCUT2D eigenvalue weighted by atomic mass is 31.1. The molecule has 2 heterocycles. The average Bonchev–Trinajstić information content (AvgIpc) is 2.97. The number of hydrogen-bond acceptors (Lipinski definition) is 2. The third-order valence-corrected chi connectivity index (χ3v) is 12.7. The van der Waals surface area contributed by atoms with E-state index in [0.29, 0.717) is 5.41 Å². The molecule has 2 aromatic carbocycles. The molecule has 8 rings (SSSR count). The van der Waals surface area contributed by atoms with Gasteiger partial charge in [-0.05, 0) is 120 Å². The van der Waals surface area contributed by atoms with Crippen molar-refractivity contribution in [2.24, 2.45) is 23.7 Å². The van der Waals surface area contributed by atoms with Gasteiger partial charge in [0, 0.05) is 30.9 Å². The molecule has 4 atom stereocenters. The highest BCUT2D eigenvalue weighted by Crippen LogP contribution is 2.64. The molecule has 4 bridgehead atoms. The molecule has 0 saturated heterocycles. The van der Waals surface area contributed by atoms with Crippen molar-refractivity contribution in [3.63, 3.8) is 0 Å². The van der Waals surface area contributed by atoms with E-state index in [0.717, 1.165) is 29.8 Å². The largest absolute Gasteiger partial charge is 0.264 e. The molecule has 192 valence electrons. The van der Waals surface area contributed by atoms with Crippen LogP contribution in [0.1, 0.15) is 43.2 Å². The van der Waals surface area contributed by atoms with E-state index in [1.54, 1.807) is 11.1 Å². The van der Waals surface area contributed by atoms with E-state index in [1.807, 2.05) is 12.4 Å². The molecule has 2 aromatic heterocycles. The van der Waals surface area contributed by atoms with Crippen molar-refractivity contribution in [2.75, 3.05) is 6.16 Å². The second-order valence-corrected chi connectivity index (χ2v) is 14.5. The van der Waals surface area contributed by atoms with Gasteiger partial charge in [0.25, 0.3) is 0 Å². The summed E-state index contributed by atoms with van der Waals surface area (Å²) in [6.07, 6.45) is 17.4. The topological polar surface area (TPSA) is 25.8 Å². The number of nitrogens with zero attached hydrogens (tertiary/aromatic N) is 2. The maximum atomic E-state index is 4.53. The van der Waals surface area contributed by atoms with Crippen molar-refractivity contribution < 1.29 is 0 Å². The third kappa shape index (κ3) is 4.35. The number of hydrogen-bond donors (Lipinski definition) is 0. The first-order valence-corrected chi connectivity index (χ1v) is 16.5. The number of pyridine rings is 2. The van der Waals surface area contributed by atoms with Crippen LogP contribution < -0.4 is 10.6 Å². The minimum atomic E-state index is -0.615. The van der Waals surface area contributed by atoms with Gasteiger partial charge >= 0.3 is 0 Å². The molecule has 4 unspecified atom stereocenters. The number of benzene rings is 2. The fourth-order valence-electron chi connectivity index (χ4n) is 8.53. The minimum Gasteiger partial charge on any atom is -0.264 e. The van der Waals surface area contributed by atoms with Crippen molar-refractivity contribution in [1.29, 1.82) is 0 Å². The van der Waals surface area contributed by atoms with Gasteiger partial charge in [-0.15, -0.1) is 9.24 Å². The highest BCUT2D eigenvalue weighted by molar-refractivity contribution is 7.72. The predicted molar refractivity (Wildman–Crippen MR) is 164 cm³/mol. The van der Waals surface area contributed by atoms with Crippen LogP contribution in [-0.2, 0) is 11.6 Å². The van der Waals surface area contributed by atoms with Crippen LogP contribution in [0.3, 0.4) is 0 Å². The van der Waals surface area contributed by atoms with Crippen LogP contribution >= 0.6 is 17.2 Å². The Morgan fingerprint density at radius 3 is 2.05 bits per heavy atom. The van der Waals surface area contributed by atoms with Gasteiger partial charge in [-0.1, -0.05) is 60.7 Å². The molecule has 0 aliphatic heterocycles. The zero-order valence-electron chi connectivity index (χ0n) is 21.9. The van der Waals surface area contributed by atoms with Crippen molar-refractivity contribution >= 4 is 27.8 Å². The number of rotatable bonds is 7. The molecule has 4 saturated carbocycles. The van der Waals surface area contributed by atoms with Gasteiger partial charge in [0.1, 0.15) is 0 Å². The fourth-order valence-corrected chi connectivity index (χ4v) is 11.6. The van der Waals surface area contributed by atoms with Crippen LogP contribution in [0.25, 0.3) is 11.1 Å². The molecule has 2 nitrogen and oxygen atoms in total. The lowest BCUT2D eigenvalue weighted by Gasteiger charge is -2.62. The van der Waals surface area contributed by atoms with E-state index in [2.05, 4.69) is 104 Å². The van der Waals surface area contributed by atoms with E-state index in [9.17, 15) is 0 Å². The smallest absolute Gasteiger partial charge is 0.0348 e. The molecule has 0 radical (unpaired) electrons. The maximum absolute atomic E-state index is 4.53. The Balaban J connectivity index is 1.39. The molecule has 4 fully saturated rings. The second kappa shape index (κ2) is 10.3. The highest BCUT2D eigenvalue weighted by Gasteiger charge is 2.57. The lowest BCUT2D eigenvalue weighted by atomic mass is 9.43. The Labute approximate surface area is 230 Å². The summed E-state index contributed by atoms with van der Waals surface area (Å²) in [6, 6.07) is 27.2. The van der Waals surface area contributed by atoms with Crippen LogP contribution in [0.5, 0.6) is 0 Å². The third-order valence-electron chi connectivity index (χ3n) is 9.77. The monoisotopic (exact) mass is 534 g/mol. The molecule has 4 aliphatic rings. The standard InChI is InChI=1S/C34H36N2P2/c37-22-33-28-15-24-14-25(16-28)19-34(33,18-24)32-11-10-27(26-6-2-1-3-7-26)17-29(32)23-38(30-8-4-12-35-20-30)31-9-5-13-36-21-31/h1-13,17,20-21,24-25,28,33H,14-16,18-19,22-23,37H2. The summed E-state index contributed by atoms with van der Waals surface area (Å²) in [7, 11) is 2.54. The van der Waals surface area contributed by atoms with Gasteiger partial charge in [0.05, 0.1) is 0 Å².